The summed E-state index contributed by atoms with van der Waals surface area (Å²) in [5, 5.41) is 12.8. The second-order valence-corrected chi connectivity index (χ2v) is 7.93. The van der Waals surface area contributed by atoms with Crippen LogP contribution in [0.2, 0.25) is 5.02 Å². The molecule has 1 fully saturated rings. The Balaban J connectivity index is 1.73. The number of nitrogens with one attached hydrogen (secondary N) is 1. The van der Waals surface area contributed by atoms with E-state index in [0.717, 1.165) is 10.5 Å². The highest BCUT2D eigenvalue weighted by Gasteiger charge is 2.49. The second kappa shape index (κ2) is 7.56. The fraction of sp³-hybridized carbons (Fsp3) is 0.217. The van der Waals surface area contributed by atoms with Gasteiger partial charge in [-0.1, -0.05) is 30.7 Å². The van der Waals surface area contributed by atoms with Crippen molar-refractivity contribution in [1.82, 2.24) is 10.2 Å². The van der Waals surface area contributed by atoms with E-state index in [1.807, 2.05) is 13.0 Å². The number of nitriles is 1. The molecule has 7 nitrogen and oxygen atoms in total. The molecule has 0 bridgehead atoms. The van der Waals surface area contributed by atoms with Gasteiger partial charge in [-0.2, -0.15) is 5.26 Å². The molecule has 0 saturated carbocycles. The molecule has 31 heavy (non-hydrogen) atoms. The van der Waals surface area contributed by atoms with Crippen molar-refractivity contribution in [3.05, 3.63) is 80.2 Å². The number of carbonyl (C=O) groups is 2. The first-order chi connectivity index (χ1) is 14.8. The number of nitrogens with zero attached hydrogens (tertiary/aromatic N) is 2. The van der Waals surface area contributed by atoms with E-state index in [1.165, 1.54) is 6.07 Å². The van der Waals surface area contributed by atoms with Crippen molar-refractivity contribution >= 4 is 34.5 Å². The predicted molar refractivity (Wildman–Crippen MR) is 114 cm³/mol. The number of urea groups is 1. The van der Waals surface area contributed by atoms with Crippen LogP contribution in [-0.2, 0) is 23.3 Å². The summed E-state index contributed by atoms with van der Waals surface area (Å²) in [5.41, 5.74) is 0.792. The van der Waals surface area contributed by atoms with Crippen LogP contribution in [0.25, 0.3) is 11.0 Å². The average molecular weight is 436 g/mol. The van der Waals surface area contributed by atoms with Crippen LogP contribution in [0.15, 0.2) is 51.7 Å². The maximum Gasteiger partial charge on any atom is 0.336 e. The summed E-state index contributed by atoms with van der Waals surface area (Å²) >= 11 is 6.34. The van der Waals surface area contributed by atoms with Crippen molar-refractivity contribution in [3.8, 4) is 6.07 Å². The Morgan fingerprint density at radius 2 is 1.84 bits per heavy atom. The Kier molecular flexibility index (Phi) is 5.03. The van der Waals surface area contributed by atoms with Crippen molar-refractivity contribution in [2.45, 2.75) is 32.4 Å². The third-order valence-electron chi connectivity index (χ3n) is 5.57. The molecule has 3 amide bonds. The molecule has 1 saturated heterocycles. The van der Waals surface area contributed by atoms with Gasteiger partial charge in [0, 0.05) is 16.5 Å². The Bertz CT molecular complexity index is 1320. The zero-order valence-electron chi connectivity index (χ0n) is 16.9. The van der Waals surface area contributed by atoms with E-state index in [9.17, 15) is 14.4 Å². The van der Waals surface area contributed by atoms with Gasteiger partial charge in [0.1, 0.15) is 11.1 Å². The number of hydrogen-bond donors (Lipinski definition) is 1. The van der Waals surface area contributed by atoms with Crippen molar-refractivity contribution in [2.75, 3.05) is 0 Å². The molecule has 0 unspecified atom stereocenters. The highest BCUT2D eigenvalue weighted by Crippen LogP contribution is 2.32. The average Bonchev–Trinajstić information content (AvgIpc) is 2.97. The number of carbonyl (C=O) groups excluding carboxylic acids is 2. The Hall–Kier alpha value is -3.63. The molecule has 8 heteroatoms. The van der Waals surface area contributed by atoms with Crippen molar-refractivity contribution in [3.63, 3.8) is 0 Å². The van der Waals surface area contributed by atoms with Gasteiger partial charge >= 0.3 is 11.7 Å². The Morgan fingerprint density at radius 3 is 2.48 bits per heavy atom. The van der Waals surface area contributed by atoms with Crippen LogP contribution in [0.4, 0.5) is 4.79 Å². The molecule has 156 valence electrons. The lowest BCUT2D eigenvalue weighted by molar-refractivity contribution is -0.131. The SMILES string of the molecule is CCc1cc2oc(=O)cc(CN3C(=O)N[C@@](C)(c4ccc(C#N)cc4)C3=O)c2cc1Cl. The summed E-state index contributed by atoms with van der Waals surface area (Å²) < 4.78 is 5.31. The number of imide groups is 1. The molecule has 2 heterocycles. The molecule has 1 aromatic heterocycles. The smallest absolute Gasteiger partial charge is 0.336 e. The summed E-state index contributed by atoms with van der Waals surface area (Å²) in [5.74, 6) is -0.458. The van der Waals surface area contributed by atoms with Crippen LogP contribution < -0.4 is 10.9 Å². The van der Waals surface area contributed by atoms with Crippen LogP contribution in [0, 0.1) is 11.3 Å². The molecule has 4 rings (SSSR count). The number of amides is 3. The predicted octanol–water partition coefficient (Wildman–Crippen LogP) is 3.85. The third-order valence-corrected chi connectivity index (χ3v) is 5.92. The number of aryl methyl sites for hydroxylation is 1. The third kappa shape index (κ3) is 3.45. The van der Waals surface area contributed by atoms with Crippen molar-refractivity contribution in [1.29, 1.82) is 5.26 Å². The van der Waals surface area contributed by atoms with Gasteiger partial charge in [-0.25, -0.2) is 9.59 Å². The van der Waals surface area contributed by atoms with Gasteiger partial charge < -0.3 is 9.73 Å². The Labute approximate surface area is 182 Å². The summed E-state index contributed by atoms with van der Waals surface area (Å²) in [6, 6.07) is 12.6. The number of halogens is 1. The van der Waals surface area contributed by atoms with Gasteiger partial charge in [-0.15, -0.1) is 0 Å². The van der Waals surface area contributed by atoms with Gasteiger partial charge in [0.15, 0.2) is 0 Å². The fourth-order valence-electron chi connectivity index (χ4n) is 3.78. The van der Waals surface area contributed by atoms with Crippen LogP contribution in [0.3, 0.4) is 0 Å². The van der Waals surface area contributed by atoms with Gasteiger partial charge in [-0.05, 0) is 54.3 Å². The van der Waals surface area contributed by atoms with Crippen LogP contribution in [0.1, 0.15) is 36.1 Å². The summed E-state index contributed by atoms with van der Waals surface area (Å²) in [7, 11) is 0. The van der Waals surface area contributed by atoms with E-state index >= 15 is 0 Å². The standard InChI is InChI=1S/C23H18ClN3O4/c1-3-14-8-19-17(10-18(14)24)15(9-20(28)31-19)12-27-21(29)23(2,26-22(27)30)16-6-4-13(11-25)5-7-16/h4-10H,3,12H2,1-2H3,(H,26,30)/t23-/m0/s1. The van der Waals surface area contributed by atoms with E-state index in [2.05, 4.69) is 5.32 Å². The van der Waals surface area contributed by atoms with E-state index in [-0.39, 0.29) is 6.54 Å². The first-order valence-electron chi connectivity index (χ1n) is 9.66. The van der Waals surface area contributed by atoms with Crippen LogP contribution >= 0.6 is 11.6 Å². The summed E-state index contributed by atoms with van der Waals surface area (Å²) in [4.78, 5) is 39.1. The largest absolute Gasteiger partial charge is 0.423 e. The molecule has 3 aromatic rings. The fourth-order valence-corrected chi connectivity index (χ4v) is 4.07. The van der Waals surface area contributed by atoms with Crippen molar-refractivity contribution < 1.29 is 14.0 Å². The molecule has 0 aliphatic carbocycles. The minimum absolute atomic E-state index is 0.111. The zero-order valence-corrected chi connectivity index (χ0v) is 17.6. The lowest BCUT2D eigenvalue weighted by atomic mass is 9.91. The maximum absolute atomic E-state index is 13.2. The first-order valence-corrected chi connectivity index (χ1v) is 10.0. The molecule has 1 aliphatic heterocycles. The van der Waals surface area contributed by atoms with E-state index in [4.69, 9.17) is 21.3 Å². The molecule has 0 radical (unpaired) electrons. The second-order valence-electron chi connectivity index (χ2n) is 7.52. The first kappa shape index (κ1) is 20.6. The van der Waals surface area contributed by atoms with Gasteiger partial charge in [0.25, 0.3) is 5.91 Å². The molecule has 1 atom stereocenters. The molecule has 1 aliphatic rings. The normalized spacial score (nSPS) is 18.3. The minimum atomic E-state index is -1.28. The van der Waals surface area contributed by atoms with E-state index < -0.39 is 23.1 Å². The van der Waals surface area contributed by atoms with Crippen LogP contribution in [0.5, 0.6) is 0 Å². The number of benzene rings is 2. The summed E-state index contributed by atoms with van der Waals surface area (Å²) in [6.45, 7) is 3.43. The quantitative estimate of drug-likeness (QED) is 0.495. The van der Waals surface area contributed by atoms with E-state index in [1.54, 1.807) is 43.3 Å². The maximum atomic E-state index is 13.2. The monoisotopic (exact) mass is 435 g/mol. The topological polar surface area (TPSA) is 103 Å². The minimum Gasteiger partial charge on any atom is -0.423 e. The molecule has 2 aromatic carbocycles. The van der Waals surface area contributed by atoms with Gasteiger partial charge in [-0.3, -0.25) is 9.69 Å². The highest BCUT2D eigenvalue weighted by molar-refractivity contribution is 6.32. The van der Waals surface area contributed by atoms with Crippen LogP contribution in [-0.4, -0.2) is 16.8 Å². The highest BCUT2D eigenvalue weighted by atomic mass is 35.5. The van der Waals surface area contributed by atoms with Gasteiger partial charge in [0.2, 0.25) is 0 Å². The number of rotatable bonds is 4. The lowest BCUT2D eigenvalue weighted by Crippen LogP contribution is -2.40. The number of hydrogen-bond acceptors (Lipinski definition) is 5. The molecule has 0 spiro atoms. The summed E-state index contributed by atoms with van der Waals surface area (Å²) in [6.07, 6.45) is 0.665. The van der Waals surface area contributed by atoms with E-state index in [0.29, 0.717) is 39.1 Å². The number of fused-ring (bicyclic) bond motifs is 1. The Morgan fingerprint density at radius 1 is 1.13 bits per heavy atom. The molecular weight excluding hydrogens is 418 g/mol. The van der Waals surface area contributed by atoms with Crippen molar-refractivity contribution in [2.24, 2.45) is 0 Å². The molecule has 1 N–H and O–H groups in total. The lowest BCUT2D eigenvalue weighted by Gasteiger charge is -2.22. The van der Waals surface area contributed by atoms with Gasteiger partial charge in [0.05, 0.1) is 18.2 Å². The zero-order chi connectivity index (χ0) is 22.3. The molecular formula is C23H18ClN3O4.